The van der Waals surface area contributed by atoms with E-state index in [9.17, 15) is 4.79 Å². The maximum absolute atomic E-state index is 12.2. The Balaban J connectivity index is 1.26. The molecule has 6 heteroatoms. The van der Waals surface area contributed by atoms with E-state index in [0.717, 1.165) is 25.5 Å². The molecule has 0 bridgehead atoms. The Morgan fingerprint density at radius 3 is 3.04 bits per heavy atom. The average molecular weight is 316 g/mol. The van der Waals surface area contributed by atoms with Crippen molar-refractivity contribution >= 4 is 11.7 Å². The predicted molar refractivity (Wildman–Crippen MR) is 87.5 cm³/mol. The fourth-order valence-corrected chi connectivity index (χ4v) is 3.37. The van der Waals surface area contributed by atoms with E-state index in [4.69, 9.17) is 4.74 Å². The minimum Gasteiger partial charge on any atom is -0.373 e. The van der Waals surface area contributed by atoms with Crippen molar-refractivity contribution in [2.45, 2.75) is 43.9 Å². The van der Waals surface area contributed by atoms with E-state index < -0.39 is 0 Å². The molecule has 1 aromatic rings. The second-order valence-corrected chi connectivity index (χ2v) is 6.81. The number of carbonyl (C=O) groups is 1. The van der Waals surface area contributed by atoms with Gasteiger partial charge in [0.2, 0.25) is 0 Å². The van der Waals surface area contributed by atoms with Gasteiger partial charge in [0.15, 0.2) is 0 Å². The zero-order valence-electron chi connectivity index (χ0n) is 13.3. The Morgan fingerprint density at radius 2 is 2.26 bits per heavy atom. The summed E-state index contributed by atoms with van der Waals surface area (Å²) in [7, 11) is 0. The molecule has 0 radical (unpaired) electrons. The molecule has 2 saturated heterocycles. The molecule has 1 amide bonds. The van der Waals surface area contributed by atoms with Gasteiger partial charge >= 0.3 is 0 Å². The summed E-state index contributed by atoms with van der Waals surface area (Å²) < 4.78 is 5.87. The highest BCUT2D eigenvalue weighted by atomic mass is 16.5. The van der Waals surface area contributed by atoms with Crippen LogP contribution in [-0.2, 0) is 4.74 Å². The van der Waals surface area contributed by atoms with Gasteiger partial charge in [-0.1, -0.05) is 0 Å². The molecule has 2 atom stereocenters. The van der Waals surface area contributed by atoms with Gasteiger partial charge in [-0.15, -0.1) is 0 Å². The van der Waals surface area contributed by atoms with E-state index in [0.29, 0.717) is 24.2 Å². The lowest BCUT2D eigenvalue weighted by atomic mass is 10.2. The predicted octanol–water partition coefficient (Wildman–Crippen LogP) is 1.25. The van der Waals surface area contributed by atoms with Gasteiger partial charge in [0.25, 0.3) is 5.91 Å². The van der Waals surface area contributed by atoms with Crippen LogP contribution in [0.5, 0.6) is 0 Å². The number of nitrogens with one attached hydrogen (secondary N) is 2. The first-order chi connectivity index (χ1) is 11.3. The molecule has 2 aliphatic heterocycles. The Kier molecular flexibility index (Phi) is 4.18. The normalized spacial score (nSPS) is 27.5. The molecule has 0 spiro atoms. The van der Waals surface area contributed by atoms with Gasteiger partial charge in [0.1, 0.15) is 5.82 Å². The molecular weight excluding hydrogens is 292 g/mol. The van der Waals surface area contributed by atoms with Crippen LogP contribution in [0.2, 0.25) is 0 Å². The number of hydrogen-bond donors (Lipinski definition) is 2. The molecular formula is C17H24N4O2. The first-order valence-corrected chi connectivity index (χ1v) is 8.64. The van der Waals surface area contributed by atoms with Crippen LogP contribution in [0.1, 0.15) is 36.0 Å². The maximum Gasteiger partial charge on any atom is 0.252 e. The van der Waals surface area contributed by atoms with E-state index in [1.807, 2.05) is 12.1 Å². The average Bonchev–Trinajstić information content (AvgIpc) is 3.27. The summed E-state index contributed by atoms with van der Waals surface area (Å²) in [6.07, 6.45) is 6.66. The molecule has 1 saturated carbocycles. The van der Waals surface area contributed by atoms with Crippen molar-refractivity contribution in [2.24, 2.45) is 0 Å². The standard InChI is InChI=1S/C17H24N4O2/c22-17(12-3-6-16(18-8-12)20-13-4-5-13)19-9-15-10-21-7-1-2-14(21)11-23-15/h3,6,8,13-15H,1-2,4-5,7,9-11H2,(H,18,20)(H,19,22)/t14-,15-/m1/s1. The Labute approximate surface area is 136 Å². The highest BCUT2D eigenvalue weighted by Crippen LogP contribution is 2.24. The van der Waals surface area contributed by atoms with E-state index in [1.54, 1.807) is 6.20 Å². The van der Waals surface area contributed by atoms with Crippen molar-refractivity contribution in [1.29, 1.82) is 0 Å². The van der Waals surface area contributed by atoms with Gasteiger partial charge in [-0.3, -0.25) is 9.69 Å². The molecule has 0 aromatic carbocycles. The van der Waals surface area contributed by atoms with Crippen LogP contribution in [0.25, 0.3) is 0 Å². The highest BCUT2D eigenvalue weighted by Gasteiger charge is 2.32. The van der Waals surface area contributed by atoms with Crippen molar-refractivity contribution in [2.75, 3.05) is 31.6 Å². The Bertz CT molecular complexity index is 558. The second kappa shape index (κ2) is 6.45. The number of anilines is 1. The van der Waals surface area contributed by atoms with Crippen LogP contribution >= 0.6 is 0 Å². The van der Waals surface area contributed by atoms with Crippen molar-refractivity contribution in [1.82, 2.24) is 15.2 Å². The molecule has 0 unspecified atom stereocenters. The third-order valence-corrected chi connectivity index (χ3v) is 4.91. The summed E-state index contributed by atoms with van der Waals surface area (Å²) in [5, 5.41) is 6.29. The largest absolute Gasteiger partial charge is 0.373 e. The summed E-state index contributed by atoms with van der Waals surface area (Å²) in [5.41, 5.74) is 0.598. The minimum atomic E-state index is -0.0809. The van der Waals surface area contributed by atoms with E-state index >= 15 is 0 Å². The molecule has 3 fully saturated rings. The number of nitrogens with zero attached hydrogens (tertiary/aromatic N) is 2. The molecule has 2 N–H and O–H groups in total. The zero-order chi connectivity index (χ0) is 15.6. The number of pyridine rings is 1. The number of fused-ring (bicyclic) bond motifs is 1. The first-order valence-electron chi connectivity index (χ1n) is 8.64. The fourth-order valence-electron chi connectivity index (χ4n) is 3.37. The number of morpholine rings is 1. The molecule has 3 aliphatic rings. The molecule has 23 heavy (non-hydrogen) atoms. The molecule has 4 rings (SSSR count). The summed E-state index contributed by atoms with van der Waals surface area (Å²) in [4.78, 5) is 19.0. The first kappa shape index (κ1) is 14.9. The van der Waals surface area contributed by atoms with Crippen molar-refractivity contribution < 1.29 is 9.53 Å². The number of ether oxygens (including phenoxy) is 1. The number of rotatable bonds is 5. The van der Waals surface area contributed by atoms with Gasteiger partial charge in [-0.2, -0.15) is 0 Å². The number of amides is 1. The van der Waals surface area contributed by atoms with Gasteiger partial charge < -0.3 is 15.4 Å². The highest BCUT2D eigenvalue weighted by molar-refractivity contribution is 5.94. The molecule has 1 aromatic heterocycles. The minimum absolute atomic E-state index is 0.0809. The monoisotopic (exact) mass is 316 g/mol. The van der Waals surface area contributed by atoms with Crippen LogP contribution < -0.4 is 10.6 Å². The van der Waals surface area contributed by atoms with Gasteiger partial charge in [-0.05, 0) is 44.4 Å². The maximum atomic E-state index is 12.2. The van der Waals surface area contributed by atoms with Crippen molar-refractivity contribution in [3.8, 4) is 0 Å². The third-order valence-electron chi connectivity index (χ3n) is 4.91. The zero-order valence-corrected chi connectivity index (χ0v) is 13.3. The fraction of sp³-hybridized carbons (Fsp3) is 0.647. The summed E-state index contributed by atoms with van der Waals surface area (Å²) in [6.45, 7) is 3.44. The Hall–Kier alpha value is -1.66. The van der Waals surface area contributed by atoms with Crippen LogP contribution in [0.4, 0.5) is 5.82 Å². The Morgan fingerprint density at radius 1 is 1.35 bits per heavy atom. The van der Waals surface area contributed by atoms with Crippen LogP contribution in [0.15, 0.2) is 18.3 Å². The number of carbonyl (C=O) groups excluding carboxylic acids is 1. The lowest BCUT2D eigenvalue weighted by molar-refractivity contribution is -0.0461. The van der Waals surface area contributed by atoms with E-state index in [2.05, 4.69) is 20.5 Å². The molecule has 6 nitrogen and oxygen atoms in total. The van der Waals surface area contributed by atoms with Crippen LogP contribution in [0, 0.1) is 0 Å². The van der Waals surface area contributed by atoms with Crippen molar-refractivity contribution in [3.05, 3.63) is 23.9 Å². The quantitative estimate of drug-likeness (QED) is 0.856. The van der Waals surface area contributed by atoms with Crippen LogP contribution in [0.3, 0.4) is 0 Å². The number of aromatic nitrogens is 1. The van der Waals surface area contributed by atoms with E-state index in [1.165, 1.54) is 25.7 Å². The lowest BCUT2D eigenvalue weighted by Gasteiger charge is -2.35. The summed E-state index contributed by atoms with van der Waals surface area (Å²) in [6, 6.07) is 4.86. The number of hydrogen-bond acceptors (Lipinski definition) is 5. The molecule has 124 valence electrons. The second-order valence-electron chi connectivity index (χ2n) is 6.81. The third kappa shape index (κ3) is 3.64. The van der Waals surface area contributed by atoms with Gasteiger partial charge in [0.05, 0.1) is 18.3 Å². The lowest BCUT2D eigenvalue weighted by Crippen LogP contribution is -2.50. The summed E-state index contributed by atoms with van der Waals surface area (Å²) >= 11 is 0. The summed E-state index contributed by atoms with van der Waals surface area (Å²) in [5.74, 6) is 0.766. The van der Waals surface area contributed by atoms with Crippen molar-refractivity contribution in [3.63, 3.8) is 0 Å². The SMILES string of the molecule is O=C(NC[C@@H]1CN2CCC[C@@H]2CO1)c1ccc(NC2CC2)nc1. The molecule has 3 heterocycles. The smallest absolute Gasteiger partial charge is 0.252 e. The van der Waals surface area contributed by atoms with Crippen LogP contribution in [-0.4, -0.2) is 60.2 Å². The molecule has 1 aliphatic carbocycles. The topological polar surface area (TPSA) is 66.5 Å². The van der Waals surface area contributed by atoms with Gasteiger partial charge in [0, 0.05) is 31.4 Å². The van der Waals surface area contributed by atoms with Gasteiger partial charge in [-0.25, -0.2) is 4.98 Å². The van der Waals surface area contributed by atoms with E-state index in [-0.39, 0.29) is 12.0 Å².